The van der Waals surface area contributed by atoms with Crippen LogP contribution in [-0.2, 0) is 0 Å². The Morgan fingerprint density at radius 3 is 3.06 bits per heavy atom. The average molecular weight is 247 g/mol. The van der Waals surface area contributed by atoms with E-state index in [9.17, 15) is 0 Å². The molecular weight excluding hydrogens is 238 g/mol. The van der Waals surface area contributed by atoms with Gasteiger partial charge in [-0.2, -0.15) is 4.98 Å². The molecule has 0 spiro atoms. The number of benzene rings is 1. The Morgan fingerprint density at radius 2 is 2.29 bits per heavy atom. The number of azide groups is 1. The van der Waals surface area contributed by atoms with E-state index in [1.807, 2.05) is 13.0 Å². The SMILES string of the molecule is CCSc1nc(-c2ccccc2N=[N+]=[N-])no1. The summed E-state index contributed by atoms with van der Waals surface area (Å²) in [5.74, 6) is 1.29. The van der Waals surface area contributed by atoms with E-state index in [1.54, 1.807) is 18.2 Å². The summed E-state index contributed by atoms with van der Waals surface area (Å²) < 4.78 is 5.06. The number of thioether (sulfide) groups is 1. The van der Waals surface area contributed by atoms with Crippen LogP contribution in [-0.4, -0.2) is 15.9 Å². The first-order chi connectivity index (χ1) is 8.35. The molecule has 0 N–H and O–H groups in total. The molecule has 0 saturated carbocycles. The maximum atomic E-state index is 8.47. The molecule has 0 fully saturated rings. The Kier molecular flexibility index (Phi) is 3.64. The molecule has 0 amide bonds. The minimum absolute atomic E-state index is 0.434. The summed E-state index contributed by atoms with van der Waals surface area (Å²) >= 11 is 1.47. The first-order valence-corrected chi connectivity index (χ1v) is 5.94. The predicted molar refractivity (Wildman–Crippen MR) is 64.9 cm³/mol. The summed E-state index contributed by atoms with van der Waals surface area (Å²) in [7, 11) is 0. The second kappa shape index (κ2) is 5.38. The minimum Gasteiger partial charge on any atom is -0.327 e. The van der Waals surface area contributed by atoms with Crippen LogP contribution in [0.1, 0.15) is 6.92 Å². The molecular formula is C10H9N5OS. The summed E-state index contributed by atoms with van der Waals surface area (Å²) in [4.78, 5) is 6.98. The third-order valence-electron chi connectivity index (χ3n) is 1.97. The average Bonchev–Trinajstić information content (AvgIpc) is 2.79. The van der Waals surface area contributed by atoms with Gasteiger partial charge in [0.1, 0.15) is 0 Å². The van der Waals surface area contributed by atoms with Crippen LogP contribution in [0.15, 0.2) is 39.1 Å². The second-order valence-electron chi connectivity index (χ2n) is 3.02. The largest absolute Gasteiger partial charge is 0.327 e. The molecule has 1 aromatic heterocycles. The lowest BCUT2D eigenvalue weighted by atomic mass is 10.2. The Morgan fingerprint density at radius 1 is 1.47 bits per heavy atom. The Labute approximate surface area is 102 Å². The van der Waals surface area contributed by atoms with E-state index in [0.29, 0.717) is 22.3 Å². The molecule has 7 heteroatoms. The fourth-order valence-corrected chi connectivity index (χ4v) is 1.79. The molecule has 0 saturated heterocycles. The lowest BCUT2D eigenvalue weighted by molar-refractivity contribution is 0.341. The fraction of sp³-hybridized carbons (Fsp3) is 0.200. The van der Waals surface area contributed by atoms with Gasteiger partial charge in [-0.05, 0) is 11.3 Å². The van der Waals surface area contributed by atoms with E-state index in [4.69, 9.17) is 10.1 Å². The van der Waals surface area contributed by atoms with Gasteiger partial charge in [0.05, 0.1) is 0 Å². The van der Waals surface area contributed by atoms with E-state index in [0.717, 1.165) is 5.75 Å². The minimum atomic E-state index is 0.434. The number of hydrogen-bond acceptors (Lipinski definition) is 5. The van der Waals surface area contributed by atoms with Gasteiger partial charge in [0.25, 0.3) is 5.22 Å². The third-order valence-corrected chi connectivity index (χ3v) is 2.67. The molecule has 0 bridgehead atoms. The monoisotopic (exact) mass is 247 g/mol. The molecule has 0 aliphatic heterocycles. The van der Waals surface area contributed by atoms with Gasteiger partial charge in [-0.15, -0.1) is 0 Å². The van der Waals surface area contributed by atoms with Gasteiger partial charge in [-0.1, -0.05) is 53.2 Å². The second-order valence-corrected chi connectivity index (χ2v) is 4.24. The maximum absolute atomic E-state index is 8.47. The van der Waals surface area contributed by atoms with Gasteiger partial charge < -0.3 is 4.52 Å². The molecule has 0 aliphatic rings. The van der Waals surface area contributed by atoms with Crippen molar-refractivity contribution in [2.24, 2.45) is 5.11 Å². The van der Waals surface area contributed by atoms with Crippen LogP contribution >= 0.6 is 11.8 Å². The maximum Gasteiger partial charge on any atom is 0.286 e. The molecule has 1 heterocycles. The molecule has 6 nitrogen and oxygen atoms in total. The van der Waals surface area contributed by atoms with Crippen molar-refractivity contribution in [3.8, 4) is 11.4 Å². The highest BCUT2D eigenvalue weighted by Gasteiger charge is 2.11. The van der Waals surface area contributed by atoms with E-state index < -0.39 is 0 Å². The van der Waals surface area contributed by atoms with Gasteiger partial charge >= 0.3 is 0 Å². The smallest absolute Gasteiger partial charge is 0.286 e. The molecule has 0 radical (unpaired) electrons. The van der Waals surface area contributed by atoms with Gasteiger partial charge in [0.2, 0.25) is 5.82 Å². The first kappa shape index (κ1) is 11.5. The zero-order valence-electron chi connectivity index (χ0n) is 9.07. The van der Waals surface area contributed by atoms with E-state index in [2.05, 4.69) is 20.2 Å². The molecule has 0 atom stereocenters. The van der Waals surface area contributed by atoms with Crippen molar-refractivity contribution < 1.29 is 4.52 Å². The first-order valence-electron chi connectivity index (χ1n) is 4.96. The lowest BCUT2D eigenvalue weighted by Crippen LogP contribution is -1.81. The molecule has 17 heavy (non-hydrogen) atoms. The van der Waals surface area contributed by atoms with Crippen LogP contribution in [0.5, 0.6) is 0 Å². The van der Waals surface area contributed by atoms with Gasteiger partial charge in [0, 0.05) is 16.2 Å². The summed E-state index contributed by atoms with van der Waals surface area (Å²) in [6, 6.07) is 7.11. The van der Waals surface area contributed by atoms with Crippen molar-refractivity contribution in [1.29, 1.82) is 0 Å². The van der Waals surface area contributed by atoms with E-state index in [-0.39, 0.29) is 0 Å². The standard InChI is InChI=1S/C10H9N5OS/c1-2-17-10-12-9(14-16-10)7-5-3-4-6-8(7)13-15-11/h3-6H,2H2,1H3. The van der Waals surface area contributed by atoms with Gasteiger partial charge in [-0.25, -0.2) is 0 Å². The van der Waals surface area contributed by atoms with Crippen molar-refractivity contribution in [1.82, 2.24) is 10.1 Å². The van der Waals surface area contributed by atoms with Crippen LogP contribution in [0.2, 0.25) is 0 Å². The summed E-state index contributed by atoms with van der Waals surface area (Å²) in [5, 5.41) is 7.96. The molecule has 0 unspecified atom stereocenters. The molecule has 86 valence electrons. The Balaban J connectivity index is 2.41. The van der Waals surface area contributed by atoms with Crippen molar-refractivity contribution in [3.05, 3.63) is 34.7 Å². The molecule has 1 aromatic carbocycles. The number of hydrogen-bond donors (Lipinski definition) is 0. The summed E-state index contributed by atoms with van der Waals surface area (Å²) in [6.45, 7) is 2.00. The van der Waals surface area contributed by atoms with Crippen LogP contribution in [0.3, 0.4) is 0 Å². The highest BCUT2D eigenvalue weighted by molar-refractivity contribution is 7.99. The summed E-state index contributed by atoms with van der Waals surface area (Å²) in [5.41, 5.74) is 9.62. The van der Waals surface area contributed by atoms with Crippen molar-refractivity contribution in [3.63, 3.8) is 0 Å². The number of rotatable bonds is 4. The van der Waals surface area contributed by atoms with Crippen LogP contribution in [0, 0.1) is 0 Å². The van der Waals surface area contributed by atoms with E-state index >= 15 is 0 Å². The lowest BCUT2D eigenvalue weighted by Gasteiger charge is -1.97. The number of aromatic nitrogens is 2. The van der Waals surface area contributed by atoms with Crippen LogP contribution in [0.25, 0.3) is 21.8 Å². The highest BCUT2D eigenvalue weighted by Crippen LogP contribution is 2.29. The van der Waals surface area contributed by atoms with Crippen molar-refractivity contribution in [2.45, 2.75) is 12.1 Å². The zero-order valence-corrected chi connectivity index (χ0v) is 9.89. The fourth-order valence-electron chi connectivity index (χ4n) is 1.30. The van der Waals surface area contributed by atoms with Crippen molar-refractivity contribution >= 4 is 17.4 Å². The highest BCUT2D eigenvalue weighted by atomic mass is 32.2. The van der Waals surface area contributed by atoms with E-state index in [1.165, 1.54) is 11.8 Å². The quantitative estimate of drug-likeness (QED) is 0.356. The number of nitrogens with zero attached hydrogens (tertiary/aromatic N) is 5. The third kappa shape index (κ3) is 2.58. The predicted octanol–water partition coefficient (Wildman–Crippen LogP) is 3.79. The zero-order chi connectivity index (χ0) is 12.1. The van der Waals surface area contributed by atoms with Crippen LogP contribution in [0.4, 0.5) is 5.69 Å². The molecule has 2 rings (SSSR count). The normalized spacial score (nSPS) is 9.94. The summed E-state index contributed by atoms with van der Waals surface area (Å²) in [6.07, 6.45) is 0. The molecule has 0 aliphatic carbocycles. The van der Waals surface area contributed by atoms with Crippen molar-refractivity contribution in [2.75, 3.05) is 5.75 Å². The van der Waals surface area contributed by atoms with Gasteiger partial charge in [0.15, 0.2) is 0 Å². The van der Waals surface area contributed by atoms with Crippen LogP contribution < -0.4 is 0 Å². The topological polar surface area (TPSA) is 87.7 Å². The Hall–Kier alpha value is -1.98. The molecule has 2 aromatic rings. The van der Waals surface area contributed by atoms with Gasteiger partial charge in [-0.3, -0.25) is 0 Å². The Bertz CT molecular complexity index is 561.